The van der Waals surface area contributed by atoms with Crippen molar-refractivity contribution in [3.8, 4) is 11.5 Å². The SMILES string of the molecule is CCC(N)(CC)c1noc(-c2cc(Cl)ccc2Cl)n1. The van der Waals surface area contributed by atoms with Crippen molar-refractivity contribution in [3.05, 3.63) is 34.1 Å². The zero-order valence-corrected chi connectivity index (χ0v) is 12.3. The predicted octanol–water partition coefficient (Wildman–Crippen LogP) is 4.02. The smallest absolute Gasteiger partial charge is 0.259 e. The van der Waals surface area contributed by atoms with Crippen molar-refractivity contribution < 1.29 is 4.52 Å². The quantitative estimate of drug-likeness (QED) is 0.926. The van der Waals surface area contributed by atoms with Crippen molar-refractivity contribution in [1.29, 1.82) is 0 Å². The van der Waals surface area contributed by atoms with E-state index in [1.54, 1.807) is 18.2 Å². The molecule has 0 bridgehead atoms. The van der Waals surface area contributed by atoms with Crippen LogP contribution in [-0.4, -0.2) is 10.1 Å². The van der Waals surface area contributed by atoms with Crippen LogP contribution in [0.3, 0.4) is 0 Å². The van der Waals surface area contributed by atoms with Gasteiger partial charge in [-0.3, -0.25) is 0 Å². The molecule has 0 atom stereocenters. The molecule has 0 saturated heterocycles. The molecule has 1 heterocycles. The summed E-state index contributed by atoms with van der Waals surface area (Å²) in [4.78, 5) is 4.35. The first-order valence-corrected chi connectivity index (χ1v) is 6.84. The van der Waals surface area contributed by atoms with Gasteiger partial charge < -0.3 is 10.3 Å². The Morgan fingerprint density at radius 3 is 2.58 bits per heavy atom. The topological polar surface area (TPSA) is 64.9 Å². The first-order valence-electron chi connectivity index (χ1n) is 6.08. The van der Waals surface area contributed by atoms with E-state index in [0.29, 0.717) is 27.3 Å². The van der Waals surface area contributed by atoms with Gasteiger partial charge in [0, 0.05) is 5.02 Å². The Labute approximate surface area is 121 Å². The number of benzene rings is 1. The van der Waals surface area contributed by atoms with Gasteiger partial charge in [0.05, 0.1) is 16.1 Å². The molecule has 2 rings (SSSR count). The van der Waals surface area contributed by atoms with E-state index in [4.69, 9.17) is 33.5 Å². The number of nitrogens with two attached hydrogens (primary N) is 1. The molecule has 102 valence electrons. The van der Waals surface area contributed by atoms with Crippen LogP contribution in [0, 0.1) is 0 Å². The lowest BCUT2D eigenvalue weighted by Gasteiger charge is -2.21. The summed E-state index contributed by atoms with van der Waals surface area (Å²) in [5, 5.41) is 5.03. The molecule has 6 heteroatoms. The molecule has 1 aromatic carbocycles. The Morgan fingerprint density at radius 1 is 1.26 bits per heavy atom. The van der Waals surface area contributed by atoms with Gasteiger partial charge in [0.2, 0.25) is 0 Å². The molecule has 4 nitrogen and oxygen atoms in total. The normalized spacial score (nSPS) is 11.8. The molecule has 0 radical (unpaired) electrons. The summed E-state index contributed by atoms with van der Waals surface area (Å²) in [7, 11) is 0. The van der Waals surface area contributed by atoms with Crippen LogP contribution < -0.4 is 5.73 Å². The van der Waals surface area contributed by atoms with Crippen LogP contribution in [0.15, 0.2) is 22.7 Å². The standard InChI is InChI=1S/C13H15Cl2N3O/c1-3-13(16,4-2)12-17-11(19-18-12)9-7-8(14)5-6-10(9)15/h5-7H,3-4,16H2,1-2H3. The van der Waals surface area contributed by atoms with Gasteiger partial charge >= 0.3 is 0 Å². The fourth-order valence-corrected chi connectivity index (χ4v) is 2.13. The Hall–Kier alpha value is -1.10. The maximum atomic E-state index is 6.23. The van der Waals surface area contributed by atoms with Crippen LogP contribution in [-0.2, 0) is 5.54 Å². The van der Waals surface area contributed by atoms with Crippen molar-refractivity contribution in [3.63, 3.8) is 0 Å². The van der Waals surface area contributed by atoms with Crippen LogP contribution in [0.1, 0.15) is 32.5 Å². The highest BCUT2D eigenvalue weighted by atomic mass is 35.5. The third-order valence-corrected chi connectivity index (χ3v) is 3.86. The summed E-state index contributed by atoms with van der Waals surface area (Å²) in [6, 6.07) is 5.09. The molecule has 0 fully saturated rings. The Morgan fingerprint density at radius 2 is 1.95 bits per heavy atom. The van der Waals surface area contributed by atoms with E-state index in [9.17, 15) is 0 Å². The average Bonchev–Trinajstić information content (AvgIpc) is 2.90. The van der Waals surface area contributed by atoms with E-state index < -0.39 is 5.54 Å². The lowest BCUT2D eigenvalue weighted by atomic mass is 9.93. The van der Waals surface area contributed by atoms with E-state index >= 15 is 0 Å². The zero-order chi connectivity index (χ0) is 14.0. The second-order valence-corrected chi connectivity index (χ2v) is 5.25. The largest absolute Gasteiger partial charge is 0.334 e. The number of nitrogens with zero attached hydrogens (tertiary/aromatic N) is 2. The maximum Gasteiger partial charge on any atom is 0.259 e. The molecular weight excluding hydrogens is 285 g/mol. The fourth-order valence-electron chi connectivity index (χ4n) is 1.76. The third-order valence-electron chi connectivity index (χ3n) is 3.29. The second kappa shape index (κ2) is 5.49. The first-order chi connectivity index (χ1) is 9.00. The lowest BCUT2D eigenvalue weighted by molar-refractivity contribution is 0.350. The van der Waals surface area contributed by atoms with Crippen LogP contribution in [0.4, 0.5) is 0 Å². The van der Waals surface area contributed by atoms with Gasteiger partial charge in [0.25, 0.3) is 5.89 Å². The van der Waals surface area contributed by atoms with Crippen LogP contribution >= 0.6 is 23.2 Å². The molecule has 0 spiro atoms. The number of hydrogen-bond donors (Lipinski definition) is 1. The molecule has 0 amide bonds. The van der Waals surface area contributed by atoms with E-state index in [1.807, 2.05) is 13.8 Å². The number of halogens is 2. The van der Waals surface area contributed by atoms with Crippen LogP contribution in [0.2, 0.25) is 10.0 Å². The summed E-state index contributed by atoms with van der Waals surface area (Å²) >= 11 is 12.0. The van der Waals surface area contributed by atoms with Crippen molar-refractivity contribution >= 4 is 23.2 Å². The third kappa shape index (κ3) is 2.76. The maximum absolute atomic E-state index is 6.23. The van der Waals surface area contributed by atoms with E-state index in [2.05, 4.69) is 10.1 Å². The molecule has 0 saturated carbocycles. The number of aromatic nitrogens is 2. The van der Waals surface area contributed by atoms with Gasteiger partial charge in [0.15, 0.2) is 5.82 Å². The van der Waals surface area contributed by atoms with E-state index in [0.717, 1.165) is 12.8 Å². The van der Waals surface area contributed by atoms with Crippen molar-refractivity contribution in [2.75, 3.05) is 0 Å². The molecule has 1 aromatic heterocycles. The highest BCUT2D eigenvalue weighted by Gasteiger charge is 2.29. The van der Waals surface area contributed by atoms with Gasteiger partial charge in [-0.25, -0.2) is 0 Å². The van der Waals surface area contributed by atoms with Gasteiger partial charge in [-0.1, -0.05) is 42.2 Å². The fraction of sp³-hybridized carbons (Fsp3) is 0.385. The van der Waals surface area contributed by atoms with E-state index in [-0.39, 0.29) is 0 Å². The molecule has 0 aliphatic carbocycles. The molecule has 0 aliphatic heterocycles. The average molecular weight is 300 g/mol. The predicted molar refractivity (Wildman–Crippen MR) is 76.2 cm³/mol. The van der Waals surface area contributed by atoms with Gasteiger partial charge in [-0.15, -0.1) is 0 Å². The Kier molecular flexibility index (Phi) is 4.13. The molecular formula is C13H15Cl2N3O. The summed E-state index contributed by atoms with van der Waals surface area (Å²) in [6.45, 7) is 3.98. The summed E-state index contributed by atoms with van der Waals surface area (Å²) in [5.74, 6) is 0.822. The molecule has 0 unspecified atom stereocenters. The Bertz CT molecular complexity index is 579. The highest BCUT2D eigenvalue weighted by molar-refractivity contribution is 6.35. The summed E-state index contributed by atoms with van der Waals surface area (Å²) in [6.07, 6.45) is 1.46. The lowest BCUT2D eigenvalue weighted by Crippen LogP contribution is -2.36. The minimum Gasteiger partial charge on any atom is -0.334 e. The monoisotopic (exact) mass is 299 g/mol. The molecule has 2 N–H and O–H groups in total. The number of rotatable bonds is 4. The van der Waals surface area contributed by atoms with Gasteiger partial charge in [-0.05, 0) is 31.0 Å². The van der Waals surface area contributed by atoms with Crippen molar-refractivity contribution in [2.24, 2.45) is 5.73 Å². The van der Waals surface area contributed by atoms with E-state index in [1.165, 1.54) is 0 Å². The number of hydrogen-bond acceptors (Lipinski definition) is 4. The highest BCUT2D eigenvalue weighted by Crippen LogP contribution is 2.31. The van der Waals surface area contributed by atoms with Crippen LogP contribution in [0.5, 0.6) is 0 Å². The molecule has 0 aliphatic rings. The Balaban J connectivity index is 2.44. The zero-order valence-electron chi connectivity index (χ0n) is 10.8. The summed E-state index contributed by atoms with van der Waals surface area (Å²) < 4.78 is 5.25. The minimum atomic E-state index is -0.577. The second-order valence-electron chi connectivity index (χ2n) is 4.41. The van der Waals surface area contributed by atoms with Crippen molar-refractivity contribution in [2.45, 2.75) is 32.2 Å². The van der Waals surface area contributed by atoms with Crippen molar-refractivity contribution in [1.82, 2.24) is 10.1 Å². The molecule has 19 heavy (non-hydrogen) atoms. The minimum absolute atomic E-state index is 0.333. The van der Waals surface area contributed by atoms with Gasteiger partial charge in [0.1, 0.15) is 0 Å². The molecule has 2 aromatic rings. The van der Waals surface area contributed by atoms with Crippen LogP contribution in [0.25, 0.3) is 11.5 Å². The first kappa shape index (κ1) is 14.3. The van der Waals surface area contributed by atoms with Gasteiger partial charge in [-0.2, -0.15) is 4.98 Å². The summed E-state index contributed by atoms with van der Waals surface area (Å²) in [5.41, 5.74) is 6.27.